The largest absolute Gasteiger partial charge is 0.356 e. The van der Waals surface area contributed by atoms with Crippen molar-refractivity contribution in [2.75, 3.05) is 0 Å². The SMILES string of the molecule is Cn1cc(-c2cc(CN)no2)cn1. The summed E-state index contributed by atoms with van der Waals surface area (Å²) >= 11 is 0. The Morgan fingerprint density at radius 2 is 2.46 bits per heavy atom. The van der Waals surface area contributed by atoms with Crippen LogP contribution in [0.1, 0.15) is 5.69 Å². The van der Waals surface area contributed by atoms with Gasteiger partial charge >= 0.3 is 0 Å². The molecule has 0 amide bonds. The Hall–Kier alpha value is -1.62. The zero-order chi connectivity index (χ0) is 9.26. The van der Waals surface area contributed by atoms with Crippen molar-refractivity contribution >= 4 is 0 Å². The highest BCUT2D eigenvalue weighted by Gasteiger charge is 2.06. The van der Waals surface area contributed by atoms with Crippen LogP contribution < -0.4 is 5.73 Å². The summed E-state index contributed by atoms with van der Waals surface area (Å²) in [6, 6.07) is 1.82. The van der Waals surface area contributed by atoms with Crippen LogP contribution >= 0.6 is 0 Å². The molecule has 13 heavy (non-hydrogen) atoms. The van der Waals surface area contributed by atoms with E-state index in [4.69, 9.17) is 10.3 Å². The Kier molecular flexibility index (Phi) is 1.86. The number of aromatic nitrogens is 3. The summed E-state index contributed by atoms with van der Waals surface area (Å²) < 4.78 is 6.78. The van der Waals surface area contributed by atoms with Gasteiger partial charge in [0.2, 0.25) is 0 Å². The maximum absolute atomic E-state index is 5.40. The van der Waals surface area contributed by atoms with Crippen LogP contribution in [0.25, 0.3) is 11.3 Å². The maximum atomic E-state index is 5.40. The van der Waals surface area contributed by atoms with E-state index in [9.17, 15) is 0 Å². The fraction of sp³-hybridized carbons (Fsp3) is 0.250. The molecule has 0 atom stereocenters. The van der Waals surface area contributed by atoms with Gasteiger partial charge in [0.15, 0.2) is 5.76 Å². The highest BCUT2D eigenvalue weighted by Crippen LogP contribution is 2.18. The van der Waals surface area contributed by atoms with Crippen molar-refractivity contribution in [2.24, 2.45) is 12.8 Å². The van der Waals surface area contributed by atoms with Gasteiger partial charge < -0.3 is 10.3 Å². The minimum atomic E-state index is 0.393. The van der Waals surface area contributed by atoms with Crippen molar-refractivity contribution in [3.05, 3.63) is 24.2 Å². The minimum Gasteiger partial charge on any atom is -0.356 e. The smallest absolute Gasteiger partial charge is 0.170 e. The summed E-state index contributed by atoms with van der Waals surface area (Å²) in [5, 5.41) is 7.81. The van der Waals surface area contributed by atoms with E-state index >= 15 is 0 Å². The highest BCUT2D eigenvalue weighted by molar-refractivity contribution is 5.54. The van der Waals surface area contributed by atoms with Crippen LogP contribution in [-0.2, 0) is 13.6 Å². The predicted octanol–water partition coefficient (Wildman–Crippen LogP) is 0.534. The van der Waals surface area contributed by atoms with Crippen LogP contribution in [0.5, 0.6) is 0 Å². The average molecular weight is 178 g/mol. The minimum absolute atomic E-state index is 0.393. The summed E-state index contributed by atoms with van der Waals surface area (Å²) in [7, 11) is 1.85. The molecule has 2 rings (SSSR count). The van der Waals surface area contributed by atoms with E-state index in [2.05, 4.69) is 10.3 Å². The summed E-state index contributed by atoms with van der Waals surface area (Å²) in [4.78, 5) is 0. The highest BCUT2D eigenvalue weighted by atomic mass is 16.5. The van der Waals surface area contributed by atoms with Gasteiger partial charge in [0.05, 0.1) is 17.5 Å². The zero-order valence-corrected chi connectivity index (χ0v) is 7.27. The normalized spacial score (nSPS) is 10.6. The van der Waals surface area contributed by atoms with Gasteiger partial charge in [-0.05, 0) is 0 Å². The van der Waals surface area contributed by atoms with Crippen molar-refractivity contribution in [3.8, 4) is 11.3 Å². The molecule has 0 radical (unpaired) electrons. The van der Waals surface area contributed by atoms with Crippen LogP contribution in [0, 0.1) is 0 Å². The van der Waals surface area contributed by atoms with Gasteiger partial charge in [-0.3, -0.25) is 4.68 Å². The Labute approximate surface area is 75.1 Å². The number of hydrogen-bond donors (Lipinski definition) is 1. The molecule has 0 aromatic carbocycles. The molecule has 5 heteroatoms. The summed E-state index contributed by atoms with van der Waals surface area (Å²) in [5.74, 6) is 0.702. The van der Waals surface area contributed by atoms with E-state index < -0.39 is 0 Å². The van der Waals surface area contributed by atoms with Gasteiger partial charge in [0.1, 0.15) is 0 Å². The number of aryl methyl sites for hydroxylation is 1. The Bertz CT molecular complexity index is 404. The quantitative estimate of drug-likeness (QED) is 0.728. The molecule has 0 aliphatic carbocycles. The van der Waals surface area contributed by atoms with Gasteiger partial charge in [-0.25, -0.2) is 0 Å². The molecule has 2 aromatic rings. The van der Waals surface area contributed by atoms with Crippen molar-refractivity contribution in [1.29, 1.82) is 0 Å². The summed E-state index contributed by atoms with van der Waals surface area (Å²) in [5.41, 5.74) is 7.06. The maximum Gasteiger partial charge on any atom is 0.170 e. The summed E-state index contributed by atoms with van der Waals surface area (Å²) in [6.07, 6.45) is 3.58. The van der Waals surface area contributed by atoms with E-state index in [0.29, 0.717) is 12.3 Å². The van der Waals surface area contributed by atoms with Crippen molar-refractivity contribution in [1.82, 2.24) is 14.9 Å². The lowest BCUT2D eigenvalue weighted by Gasteiger charge is -1.84. The van der Waals surface area contributed by atoms with Crippen LogP contribution in [0.2, 0.25) is 0 Å². The lowest BCUT2D eigenvalue weighted by atomic mass is 10.2. The molecule has 2 N–H and O–H groups in total. The number of nitrogens with two attached hydrogens (primary N) is 1. The number of rotatable bonds is 2. The molecule has 2 heterocycles. The molecule has 0 aliphatic rings. The van der Waals surface area contributed by atoms with Crippen LogP contribution in [0.4, 0.5) is 0 Å². The number of hydrogen-bond acceptors (Lipinski definition) is 4. The van der Waals surface area contributed by atoms with Crippen LogP contribution in [-0.4, -0.2) is 14.9 Å². The molecule has 0 aliphatic heterocycles. The van der Waals surface area contributed by atoms with E-state index in [-0.39, 0.29) is 0 Å². The van der Waals surface area contributed by atoms with Gasteiger partial charge in [-0.2, -0.15) is 5.10 Å². The van der Waals surface area contributed by atoms with Gasteiger partial charge in [-0.1, -0.05) is 5.16 Å². The average Bonchev–Trinajstić information content (AvgIpc) is 2.71. The second kappa shape index (κ2) is 3.02. The van der Waals surface area contributed by atoms with Crippen molar-refractivity contribution in [2.45, 2.75) is 6.54 Å². The van der Waals surface area contributed by atoms with E-state index in [1.165, 1.54) is 0 Å². The Morgan fingerprint density at radius 3 is 3.00 bits per heavy atom. The second-order valence-corrected chi connectivity index (χ2v) is 2.79. The fourth-order valence-corrected chi connectivity index (χ4v) is 1.09. The Balaban J connectivity index is 2.35. The van der Waals surface area contributed by atoms with Crippen LogP contribution in [0.15, 0.2) is 23.0 Å². The topological polar surface area (TPSA) is 69.9 Å². The van der Waals surface area contributed by atoms with Gasteiger partial charge in [0.25, 0.3) is 0 Å². The zero-order valence-electron chi connectivity index (χ0n) is 7.27. The monoisotopic (exact) mass is 178 g/mol. The second-order valence-electron chi connectivity index (χ2n) is 2.79. The van der Waals surface area contributed by atoms with Gasteiger partial charge in [-0.15, -0.1) is 0 Å². The van der Waals surface area contributed by atoms with Crippen LogP contribution in [0.3, 0.4) is 0 Å². The van der Waals surface area contributed by atoms with E-state index in [1.807, 2.05) is 19.3 Å². The molecule has 68 valence electrons. The van der Waals surface area contributed by atoms with Crippen molar-refractivity contribution in [3.63, 3.8) is 0 Å². The molecule has 0 saturated heterocycles. The molecule has 0 fully saturated rings. The molecule has 0 spiro atoms. The Morgan fingerprint density at radius 1 is 1.62 bits per heavy atom. The lowest BCUT2D eigenvalue weighted by Crippen LogP contribution is -1.94. The third-order valence-corrected chi connectivity index (χ3v) is 1.76. The molecule has 0 unspecified atom stereocenters. The van der Waals surface area contributed by atoms with E-state index in [1.54, 1.807) is 10.9 Å². The predicted molar refractivity (Wildman–Crippen MR) is 46.6 cm³/mol. The lowest BCUT2D eigenvalue weighted by molar-refractivity contribution is 0.424. The molecular formula is C8H10N4O. The molecule has 0 saturated carbocycles. The van der Waals surface area contributed by atoms with Gasteiger partial charge in [0, 0.05) is 25.9 Å². The molecular weight excluding hydrogens is 168 g/mol. The first-order chi connectivity index (χ1) is 6.29. The fourth-order valence-electron chi connectivity index (χ4n) is 1.09. The molecule has 5 nitrogen and oxygen atoms in total. The first-order valence-electron chi connectivity index (χ1n) is 3.94. The molecule has 0 bridgehead atoms. The molecule has 2 aromatic heterocycles. The third kappa shape index (κ3) is 1.46. The third-order valence-electron chi connectivity index (χ3n) is 1.76. The standard InChI is InChI=1S/C8H10N4O/c1-12-5-6(4-10-12)8-2-7(3-9)11-13-8/h2,4-5H,3,9H2,1H3. The first-order valence-corrected chi connectivity index (χ1v) is 3.94. The van der Waals surface area contributed by atoms with E-state index in [0.717, 1.165) is 11.3 Å². The van der Waals surface area contributed by atoms with Crippen molar-refractivity contribution < 1.29 is 4.52 Å². The summed E-state index contributed by atoms with van der Waals surface area (Å²) in [6.45, 7) is 0.393. The number of nitrogens with zero attached hydrogens (tertiary/aromatic N) is 3. The first kappa shape index (κ1) is 8.00.